The summed E-state index contributed by atoms with van der Waals surface area (Å²) in [5.74, 6) is 0.625. The Morgan fingerprint density at radius 3 is 1.73 bits per heavy atom. The molecule has 0 amide bonds. The summed E-state index contributed by atoms with van der Waals surface area (Å²) in [5, 5.41) is 8.05. The third kappa shape index (κ3) is 3.84. The van der Waals surface area contributed by atoms with E-state index in [1.165, 1.54) is 66.1 Å². The van der Waals surface area contributed by atoms with Gasteiger partial charge in [-0.1, -0.05) is 158 Å². The monoisotopic (exact) mass is 749 g/mol. The Kier molecular flexibility index (Phi) is 5.93. The number of hydrogen-bond donors (Lipinski definition) is 0. The van der Waals surface area contributed by atoms with E-state index in [0.29, 0.717) is 5.95 Å². The Bertz CT molecular complexity index is 3770. The van der Waals surface area contributed by atoms with E-state index >= 15 is 0 Å². The lowest BCUT2D eigenvalue weighted by Crippen LogP contribution is -2.31. The van der Waals surface area contributed by atoms with Crippen molar-refractivity contribution in [1.82, 2.24) is 14.5 Å². The van der Waals surface area contributed by atoms with E-state index in [-0.39, 0.29) is 0 Å². The highest BCUT2D eigenvalue weighted by atomic mass is 16.3. The van der Waals surface area contributed by atoms with Gasteiger partial charge in [0.1, 0.15) is 11.2 Å². The minimum Gasteiger partial charge on any atom is -0.455 e. The van der Waals surface area contributed by atoms with Crippen LogP contribution in [0.2, 0.25) is 0 Å². The SMILES string of the molecule is c1ccc2c(c1)-c1ccccc1C21c2ccccc2-c2cc3c(c4cccc1c24)c1ccccc1n3-c1nc(-c2cccc3c2oc2ccccc23)c2ccccc2n1. The van der Waals surface area contributed by atoms with Crippen molar-refractivity contribution in [2.24, 2.45) is 0 Å². The molecule has 4 heteroatoms. The summed E-state index contributed by atoms with van der Waals surface area (Å²) in [7, 11) is 0. The first kappa shape index (κ1) is 31.3. The predicted octanol–water partition coefficient (Wildman–Crippen LogP) is 13.8. The first-order valence-corrected chi connectivity index (χ1v) is 20.3. The van der Waals surface area contributed by atoms with Crippen LogP contribution < -0.4 is 0 Å². The minimum absolute atomic E-state index is 0.462. The van der Waals surface area contributed by atoms with Gasteiger partial charge in [0.15, 0.2) is 0 Å². The van der Waals surface area contributed by atoms with Gasteiger partial charge in [-0.05, 0) is 85.6 Å². The second-order valence-electron chi connectivity index (χ2n) is 16.0. The van der Waals surface area contributed by atoms with Crippen molar-refractivity contribution in [3.05, 3.63) is 210 Å². The molecule has 0 unspecified atom stereocenters. The number of furan rings is 1. The molecule has 4 nitrogen and oxygen atoms in total. The molecule has 59 heavy (non-hydrogen) atoms. The quantitative estimate of drug-likeness (QED) is 0.177. The maximum atomic E-state index is 6.60. The van der Waals surface area contributed by atoms with Gasteiger partial charge in [0.25, 0.3) is 0 Å². The van der Waals surface area contributed by atoms with Crippen LogP contribution in [0.5, 0.6) is 0 Å². The van der Waals surface area contributed by atoms with Crippen LogP contribution >= 0.6 is 0 Å². The maximum Gasteiger partial charge on any atom is 0.235 e. The van der Waals surface area contributed by atoms with Crippen molar-refractivity contribution in [2.75, 3.05) is 0 Å². The summed E-state index contributed by atoms with van der Waals surface area (Å²) in [6.45, 7) is 0. The molecule has 3 aromatic heterocycles. The van der Waals surface area contributed by atoms with Crippen LogP contribution in [0.3, 0.4) is 0 Å². The molecule has 0 fully saturated rings. The fourth-order valence-corrected chi connectivity index (χ4v) is 11.0. The van der Waals surface area contributed by atoms with E-state index in [4.69, 9.17) is 14.4 Å². The average Bonchev–Trinajstić information content (AvgIpc) is 3.95. The van der Waals surface area contributed by atoms with Crippen LogP contribution in [-0.2, 0) is 5.41 Å². The highest BCUT2D eigenvalue weighted by Gasteiger charge is 2.50. The maximum absolute atomic E-state index is 6.60. The molecular formula is C55H31N3O. The smallest absolute Gasteiger partial charge is 0.235 e. The number of fused-ring (bicyclic) bond motifs is 17. The van der Waals surface area contributed by atoms with Gasteiger partial charge in [0.2, 0.25) is 5.95 Å². The van der Waals surface area contributed by atoms with E-state index in [1.807, 2.05) is 12.1 Å². The van der Waals surface area contributed by atoms with Gasteiger partial charge in [-0.3, -0.25) is 4.57 Å². The molecule has 0 saturated carbocycles. The zero-order valence-electron chi connectivity index (χ0n) is 31.6. The summed E-state index contributed by atoms with van der Waals surface area (Å²) >= 11 is 0. The topological polar surface area (TPSA) is 43.9 Å². The standard InChI is InChI=1S/C55H31N3O/c1-7-24-42-32(15-1)33-16-2-8-25-43(33)55(42)44-26-9-3-17-34(44)41-31-48-51(39-22-14-27-45(55)50(39)41)38-20-5-11-29-47(38)58(48)54-56-46-28-10-4-19-37(46)52(57-54)40-23-13-21-36-35-18-6-12-30-49(35)59-53(36)40/h1-31H. The average molecular weight is 750 g/mol. The fourth-order valence-electron chi connectivity index (χ4n) is 11.0. The molecule has 14 rings (SSSR count). The molecule has 0 bridgehead atoms. The minimum atomic E-state index is -0.462. The highest BCUT2D eigenvalue weighted by Crippen LogP contribution is 2.62. The third-order valence-corrected chi connectivity index (χ3v) is 13.2. The summed E-state index contributed by atoms with van der Waals surface area (Å²) in [6, 6.07) is 68.2. The molecule has 1 spiro atoms. The number of nitrogens with zero attached hydrogens (tertiary/aromatic N) is 3. The van der Waals surface area contributed by atoms with Crippen LogP contribution in [0.1, 0.15) is 22.3 Å². The molecule has 0 atom stereocenters. The van der Waals surface area contributed by atoms with Crippen molar-refractivity contribution in [2.45, 2.75) is 5.41 Å². The van der Waals surface area contributed by atoms with Crippen LogP contribution in [-0.4, -0.2) is 14.5 Å². The van der Waals surface area contributed by atoms with Gasteiger partial charge in [0.05, 0.1) is 27.7 Å². The van der Waals surface area contributed by atoms with Gasteiger partial charge >= 0.3 is 0 Å². The molecule has 2 aliphatic rings. The molecule has 9 aromatic carbocycles. The fraction of sp³-hybridized carbons (Fsp3) is 0.0182. The molecule has 2 aliphatic carbocycles. The second kappa shape index (κ2) is 11.2. The number of rotatable bonds is 2. The Morgan fingerprint density at radius 1 is 0.390 bits per heavy atom. The molecular weight excluding hydrogens is 719 g/mol. The molecule has 272 valence electrons. The first-order chi connectivity index (χ1) is 29.3. The zero-order valence-corrected chi connectivity index (χ0v) is 31.6. The first-order valence-electron chi connectivity index (χ1n) is 20.3. The lowest BCUT2D eigenvalue weighted by molar-refractivity contribution is 0.670. The number of para-hydroxylation sites is 4. The molecule has 0 aliphatic heterocycles. The van der Waals surface area contributed by atoms with Crippen LogP contribution in [0, 0.1) is 0 Å². The molecule has 0 saturated heterocycles. The van der Waals surface area contributed by atoms with Gasteiger partial charge in [-0.15, -0.1) is 0 Å². The van der Waals surface area contributed by atoms with E-state index in [0.717, 1.165) is 55.1 Å². The van der Waals surface area contributed by atoms with Crippen LogP contribution in [0.25, 0.3) is 105 Å². The summed E-state index contributed by atoms with van der Waals surface area (Å²) in [5.41, 5.74) is 16.4. The van der Waals surface area contributed by atoms with E-state index in [2.05, 4.69) is 180 Å². The third-order valence-electron chi connectivity index (χ3n) is 13.2. The van der Waals surface area contributed by atoms with Crippen molar-refractivity contribution in [3.8, 4) is 39.5 Å². The summed E-state index contributed by atoms with van der Waals surface area (Å²) in [6.07, 6.45) is 0. The van der Waals surface area contributed by atoms with Gasteiger partial charge in [-0.25, -0.2) is 9.97 Å². The Labute approximate surface area is 338 Å². The van der Waals surface area contributed by atoms with Crippen molar-refractivity contribution >= 4 is 65.4 Å². The number of aromatic nitrogens is 3. The number of benzene rings is 9. The normalized spacial score (nSPS) is 13.6. The lowest BCUT2D eigenvalue weighted by Gasteiger charge is -2.40. The largest absolute Gasteiger partial charge is 0.455 e. The highest BCUT2D eigenvalue weighted by molar-refractivity contribution is 6.26. The Morgan fingerprint density at radius 2 is 0.949 bits per heavy atom. The molecule has 0 N–H and O–H groups in total. The lowest BCUT2D eigenvalue weighted by atomic mass is 9.61. The van der Waals surface area contributed by atoms with Crippen molar-refractivity contribution in [1.29, 1.82) is 0 Å². The van der Waals surface area contributed by atoms with E-state index < -0.39 is 5.41 Å². The second-order valence-corrected chi connectivity index (χ2v) is 16.0. The van der Waals surface area contributed by atoms with Gasteiger partial charge < -0.3 is 4.42 Å². The van der Waals surface area contributed by atoms with Gasteiger partial charge in [0, 0.05) is 32.5 Å². The number of hydrogen-bond acceptors (Lipinski definition) is 3. The predicted molar refractivity (Wildman–Crippen MR) is 240 cm³/mol. The Hall–Kier alpha value is -7.82. The molecule has 12 aromatic rings. The zero-order chi connectivity index (χ0) is 38.4. The van der Waals surface area contributed by atoms with Crippen LogP contribution in [0.4, 0.5) is 0 Å². The molecule has 0 radical (unpaired) electrons. The van der Waals surface area contributed by atoms with Crippen LogP contribution in [0.15, 0.2) is 192 Å². The molecule has 3 heterocycles. The Balaban J connectivity index is 1.12. The van der Waals surface area contributed by atoms with Crippen molar-refractivity contribution < 1.29 is 4.42 Å². The van der Waals surface area contributed by atoms with Crippen molar-refractivity contribution in [3.63, 3.8) is 0 Å². The van der Waals surface area contributed by atoms with Gasteiger partial charge in [-0.2, -0.15) is 0 Å². The van der Waals surface area contributed by atoms with E-state index in [1.54, 1.807) is 0 Å². The van der Waals surface area contributed by atoms with E-state index in [9.17, 15) is 0 Å². The summed E-state index contributed by atoms with van der Waals surface area (Å²) < 4.78 is 8.89. The summed E-state index contributed by atoms with van der Waals surface area (Å²) in [4.78, 5) is 10.9.